The summed E-state index contributed by atoms with van der Waals surface area (Å²) in [6.07, 6.45) is 2.44. The van der Waals surface area contributed by atoms with Gasteiger partial charge in [-0.05, 0) is 36.5 Å². The molecule has 0 amide bonds. The van der Waals surface area contributed by atoms with Crippen LogP contribution in [0.5, 0.6) is 5.75 Å². The third-order valence-corrected chi connectivity index (χ3v) is 3.46. The van der Waals surface area contributed by atoms with Gasteiger partial charge >= 0.3 is 0 Å². The average Bonchev–Trinajstić information content (AvgIpc) is 2.26. The van der Waals surface area contributed by atoms with E-state index in [0.29, 0.717) is 4.83 Å². The van der Waals surface area contributed by atoms with Crippen LogP contribution in [0.1, 0.15) is 37.1 Å². The first-order valence-corrected chi connectivity index (χ1v) is 6.33. The molecule has 0 bridgehead atoms. The molecule has 0 spiro atoms. The highest BCUT2D eigenvalue weighted by molar-refractivity contribution is 9.09. The molecule has 0 aromatic heterocycles. The molecule has 0 heterocycles. The van der Waals surface area contributed by atoms with Crippen LogP contribution >= 0.6 is 15.9 Å². The average molecular weight is 271 g/mol. The Morgan fingerprint density at radius 2 is 1.73 bits per heavy atom. The van der Waals surface area contributed by atoms with Crippen molar-refractivity contribution in [3.63, 3.8) is 0 Å². The van der Waals surface area contributed by atoms with Gasteiger partial charge in [0.2, 0.25) is 0 Å². The van der Waals surface area contributed by atoms with Crippen LogP contribution in [-0.2, 0) is 0 Å². The third kappa shape index (κ3) is 4.25. The van der Waals surface area contributed by atoms with E-state index in [9.17, 15) is 0 Å². The molecular weight excluding hydrogens is 252 g/mol. The van der Waals surface area contributed by atoms with E-state index in [0.717, 1.165) is 11.7 Å². The standard InChI is InChI=1S/C13H19BrO/c1-10(2)4-9-13(14)11-5-7-12(15-3)8-6-11/h5-8,10,13H,4,9H2,1-3H3. The van der Waals surface area contributed by atoms with E-state index in [4.69, 9.17) is 4.74 Å². The topological polar surface area (TPSA) is 9.23 Å². The molecule has 1 unspecified atom stereocenters. The summed E-state index contributed by atoms with van der Waals surface area (Å²) < 4.78 is 5.13. The van der Waals surface area contributed by atoms with Gasteiger partial charge in [0.05, 0.1) is 7.11 Å². The predicted molar refractivity (Wildman–Crippen MR) is 68.7 cm³/mol. The SMILES string of the molecule is COc1ccc(C(Br)CCC(C)C)cc1. The highest BCUT2D eigenvalue weighted by atomic mass is 79.9. The van der Waals surface area contributed by atoms with Gasteiger partial charge in [-0.1, -0.05) is 41.9 Å². The van der Waals surface area contributed by atoms with Crippen LogP contribution in [0.2, 0.25) is 0 Å². The fraction of sp³-hybridized carbons (Fsp3) is 0.538. The fourth-order valence-corrected chi connectivity index (χ4v) is 2.03. The Labute approximate surface area is 101 Å². The van der Waals surface area contributed by atoms with Crippen molar-refractivity contribution in [2.24, 2.45) is 5.92 Å². The van der Waals surface area contributed by atoms with Gasteiger partial charge < -0.3 is 4.74 Å². The van der Waals surface area contributed by atoms with Crippen molar-refractivity contribution in [2.45, 2.75) is 31.5 Å². The summed E-state index contributed by atoms with van der Waals surface area (Å²) >= 11 is 3.72. The van der Waals surface area contributed by atoms with E-state index < -0.39 is 0 Å². The second kappa shape index (κ2) is 6.16. The molecule has 0 aliphatic heterocycles. The van der Waals surface area contributed by atoms with Crippen molar-refractivity contribution in [3.05, 3.63) is 29.8 Å². The zero-order valence-electron chi connectivity index (χ0n) is 9.66. The zero-order chi connectivity index (χ0) is 11.3. The third-order valence-electron chi connectivity index (χ3n) is 2.47. The minimum absolute atomic E-state index is 0.464. The van der Waals surface area contributed by atoms with Gasteiger partial charge in [-0.25, -0.2) is 0 Å². The molecule has 0 aliphatic carbocycles. The second-order valence-electron chi connectivity index (χ2n) is 4.21. The molecule has 1 aromatic carbocycles. The van der Waals surface area contributed by atoms with E-state index >= 15 is 0 Å². The summed E-state index contributed by atoms with van der Waals surface area (Å²) in [6.45, 7) is 4.52. The van der Waals surface area contributed by atoms with Crippen LogP contribution in [-0.4, -0.2) is 7.11 Å². The number of halogens is 1. The Bertz CT molecular complexity index is 279. The summed E-state index contributed by atoms with van der Waals surface area (Å²) in [6, 6.07) is 8.27. The van der Waals surface area contributed by atoms with Gasteiger partial charge in [0, 0.05) is 4.83 Å². The quantitative estimate of drug-likeness (QED) is 0.713. The highest BCUT2D eigenvalue weighted by Gasteiger charge is 2.08. The first kappa shape index (κ1) is 12.6. The number of benzene rings is 1. The molecule has 15 heavy (non-hydrogen) atoms. The van der Waals surface area contributed by atoms with Crippen LogP contribution in [0.4, 0.5) is 0 Å². The molecule has 1 rings (SSSR count). The van der Waals surface area contributed by atoms with Crippen LogP contribution in [0, 0.1) is 5.92 Å². The second-order valence-corrected chi connectivity index (χ2v) is 5.32. The number of alkyl halides is 1. The molecule has 0 aliphatic rings. The van der Waals surface area contributed by atoms with Gasteiger partial charge in [-0.2, -0.15) is 0 Å². The minimum Gasteiger partial charge on any atom is -0.497 e. The maximum atomic E-state index is 5.13. The lowest BCUT2D eigenvalue weighted by atomic mass is 10.0. The first-order chi connectivity index (χ1) is 7.13. The predicted octanol–water partition coefficient (Wildman–Crippen LogP) is 4.57. The van der Waals surface area contributed by atoms with E-state index in [1.165, 1.54) is 18.4 Å². The van der Waals surface area contributed by atoms with Crippen molar-refractivity contribution in [2.75, 3.05) is 7.11 Å². The summed E-state index contributed by atoms with van der Waals surface area (Å²) in [5.41, 5.74) is 1.33. The van der Waals surface area contributed by atoms with Crippen molar-refractivity contribution in [3.8, 4) is 5.75 Å². The number of hydrogen-bond acceptors (Lipinski definition) is 1. The normalized spacial score (nSPS) is 12.9. The monoisotopic (exact) mass is 270 g/mol. The lowest BCUT2D eigenvalue weighted by Gasteiger charge is -2.12. The molecule has 84 valence electrons. The van der Waals surface area contributed by atoms with E-state index in [-0.39, 0.29) is 0 Å². The van der Waals surface area contributed by atoms with Gasteiger partial charge in [0.25, 0.3) is 0 Å². The van der Waals surface area contributed by atoms with Crippen LogP contribution < -0.4 is 4.74 Å². The maximum absolute atomic E-state index is 5.13. The molecule has 1 atom stereocenters. The lowest BCUT2D eigenvalue weighted by Crippen LogP contribution is -1.94. The van der Waals surface area contributed by atoms with Crippen molar-refractivity contribution in [1.82, 2.24) is 0 Å². The Morgan fingerprint density at radius 1 is 1.13 bits per heavy atom. The molecule has 1 nitrogen and oxygen atoms in total. The van der Waals surface area contributed by atoms with E-state index in [1.807, 2.05) is 12.1 Å². The lowest BCUT2D eigenvalue weighted by molar-refractivity contribution is 0.414. The summed E-state index contributed by atoms with van der Waals surface area (Å²) in [5, 5.41) is 0. The van der Waals surface area contributed by atoms with Gasteiger partial charge in [-0.15, -0.1) is 0 Å². The molecular formula is C13H19BrO. The molecule has 0 fully saturated rings. The molecule has 0 N–H and O–H groups in total. The van der Waals surface area contributed by atoms with Crippen molar-refractivity contribution < 1.29 is 4.74 Å². The molecule has 2 heteroatoms. The summed E-state index contributed by atoms with van der Waals surface area (Å²) in [5.74, 6) is 1.69. The number of ether oxygens (including phenoxy) is 1. The highest BCUT2D eigenvalue weighted by Crippen LogP contribution is 2.30. The van der Waals surface area contributed by atoms with Crippen LogP contribution in [0.15, 0.2) is 24.3 Å². The maximum Gasteiger partial charge on any atom is 0.118 e. The van der Waals surface area contributed by atoms with Crippen molar-refractivity contribution >= 4 is 15.9 Å². The van der Waals surface area contributed by atoms with E-state index in [1.54, 1.807) is 7.11 Å². The Hall–Kier alpha value is -0.500. The molecule has 0 radical (unpaired) electrons. The van der Waals surface area contributed by atoms with E-state index in [2.05, 4.69) is 41.9 Å². The Balaban J connectivity index is 2.54. The number of rotatable bonds is 5. The van der Waals surface area contributed by atoms with Crippen LogP contribution in [0.3, 0.4) is 0 Å². The first-order valence-electron chi connectivity index (χ1n) is 5.41. The smallest absolute Gasteiger partial charge is 0.118 e. The Morgan fingerprint density at radius 3 is 2.20 bits per heavy atom. The van der Waals surface area contributed by atoms with Gasteiger partial charge in [-0.3, -0.25) is 0 Å². The largest absolute Gasteiger partial charge is 0.497 e. The van der Waals surface area contributed by atoms with Crippen molar-refractivity contribution in [1.29, 1.82) is 0 Å². The molecule has 0 saturated heterocycles. The number of hydrogen-bond donors (Lipinski definition) is 0. The molecule has 0 saturated carbocycles. The minimum atomic E-state index is 0.464. The summed E-state index contributed by atoms with van der Waals surface area (Å²) in [4.78, 5) is 0.464. The zero-order valence-corrected chi connectivity index (χ0v) is 11.3. The fourth-order valence-electron chi connectivity index (χ4n) is 1.46. The Kier molecular flexibility index (Phi) is 5.16. The van der Waals surface area contributed by atoms with Crippen LogP contribution in [0.25, 0.3) is 0 Å². The summed E-state index contributed by atoms with van der Waals surface area (Å²) in [7, 11) is 1.69. The van der Waals surface area contributed by atoms with Gasteiger partial charge in [0.1, 0.15) is 5.75 Å². The number of methoxy groups -OCH3 is 1. The molecule has 1 aromatic rings. The van der Waals surface area contributed by atoms with Gasteiger partial charge in [0.15, 0.2) is 0 Å².